The first-order chi connectivity index (χ1) is 15.5. The molecule has 0 aliphatic rings. The molecule has 0 heterocycles. The van der Waals surface area contributed by atoms with E-state index in [9.17, 15) is 9.18 Å². The highest BCUT2D eigenvalue weighted by atomic mass is 19.1. The fourth-order valence-corrected chi connectivity index (χ4v) is 3.00. The Bertz CT molecular complexity index is 1090. The van der Waals surface area contributed by atoms with Crippen LogP contribution in [0.3, 0.4) is 0 Å². The maximum absolute atomic E-state index is 12.9. The molecule has 5 nitrogen and oxygen atoms in total. The SMILES string of the molecule is COc1cc(/C=C\c2ccc(N/C=C\C(=O)c3ccc(F)cc3)cc2)cc(OC)c1OC. The number of ketones is 1. The van der Waals surface area contributed by atoms with Crippen molar-refractivity contribution in [2.75, 3.05) is 26.6 Å². The van der Waals surface area contributed by atoms with Gasteiger partial charge >= 0.3 is 0 Å². The standard InChI is InChI=1S/C26H24FNO4/c1-30-24-16-19(17-25(31-2)26(24)32-3)5-4-18-6-12-22(13-7-18)28-15-14-23(29)20-8-10-21(27)11-9-20/h4-17,28H,1-3H3/b5-4-,15-14-. The Morgan fingerprint density at radius 3 is 1.97 bits per heavy atom. The zero-order chi connectivity index (χ0) is 22.9. The third-order valence-electron chi connectivity index (χ3n) is 4.68. The van der Waals surface area contributed by atoms with E-state index in [2.05, 4.69) is 5.32 Å². The van der Waals surface area contributed by atoms with Crippen molar-refractivity contribution >= 4 is 23.6 Å². The largest absolute Gasteiger partial charge is 0.493 e. The second-order valence-corrected chi connectivity index (χ2v) is 6.76. The van der Waals surface area contributed by atoms with Crippen LogP contribution in [0.2, 0.25) is 0 Å². The van der Waals surface area contributed by atoms with Gasteiger partial charge in [-0.05, 0) is 59.7 Å². The molecule has 0 fully saturated rings. The highest BCUT2D eigenvalue weighted by molar-refractivity contribution is 6.04. The predicted molar refractivity (Wildman–Crippen MR) is 125 cm³/mol. The van der Waals surface area contributed by atoms with Crippen molar-refractivity contribution in [1.82, 2.24) is 0 Å². The van der Waals surface area contributed by atoms with Gasteiger partial charge in [-0.1, -0.05) is 24.3 Å². The van der Waals surface area contributed by atoms with Crippen LogP contribution in [-0.2, 0) is 0 Å². The second-order valence-electron chi connectivity index (χ2n) is 6.76. The van der Waals surface area contributed by atoms with Crippen LogP contribution in [0, 0.1) is 5.82 Å². The van der Waals surface area contributed by atoms with Gasteiger partial charge in [0.2, 0.25) is 5.75 Å². The van der Waals surface area contributed by atoms with Gasteiger partial charge in [-0.25, -0.2) is 4.39 Å². The van der Waals surface area contributed by atoms with Crippen LogP contribution in [0.4, 0.5) is 10.1 Å². The Hall–Kier alpha value is -4.06. The molecule has 1 N–H and O–H groups in total. The van der Waals surface area contributed by atoms with Crippen LogP contribution in [-0.4, -0.2) is 27.1 Å². The van der Waals surface area contributed by atoms with Crippen molar-refractivity contribution in [3.63, 3.8) is 0 Å². The van der Waals surface area contributed by atoms with E-state index in [1.165, 1.54) is 30.3 Å². The fraction of sp³-hybridized carbons (Fsp3) is 0.115. The van der Waals surface area contributed by atoms with E-state index in [0.29, 0.717) is 22.8 Å². The first kappa shape index (κ1) is 22.6. The van der Waals surface area contributed by atoms with E-state index in [1.807, 2.05) is 48.6 Å². The Kier molecular flexibility index (Phi) is 7.65. The van der Waals surface area contributed by atoms with Gasteiger partial charge in [0.15, 0.2) is 17.3 Å². The summed E-state index contributed by atoms with van der Waals surface area (Å²) in [6, 6.07) is 16.9. The molecule has 3 rings (SSSR count). The number of carbonyl (C=O) groups excluding carboxylic acids is 1. The van der Waals surface area contributed by atoms with E-state index in [4.69, 9.17) is 14.2 Å². The van der Waals surface area contributed by atoms with E-state index < -0.39 is 0 Å². The third-order valence-corrected chi connectivity index (χ3v) is 4.68. The smallest absolute Gasteiger partial charge is 0.203 e. The fourth-order valence-electron chi connectivity index (χ4n) is 3.00. The lowest BCUT2D eigenvalue weighted by atomic mass is 10.1. The molecule has 3 aromatic carbocycles. The molecule has 0 atom stereocenters. The Morgan fingerprint density at radius 1 is 0.812 bits per heavy atom. The number of halogens is 1. The van der Waals surface area contributed by atoms with Crippen molar-refractivity contribution in [3.05, 3.63) is 95.4 Å². The molecule has 0 aliphatic heterocycles. The summed E-state index contributed by atoms with van der Waals surface area (Å²) in [4.78, 5) is 12.1. The van der Waals surface area contributed by atoms with E-state index in [0.717, 1.165) is 16.8 Å². The van der Waals surface area contributed by atoms with Crippen molar-refractivity contribution in [2.24, 2.45) is 0 Å². The molecule has 0 aromatic heterocycles. The Balaban J connectivity index is 1.64. The molecule has 164 valence electrons. The van der Waals surface area contributed by atoms with E-state index in [1.54, 1.807) is 27.5 Å². The number of benzene rings is 3. The van der Waals surface area contributed by atoms with Crippen molar-refractivity contribution in [3.8, 4) is 17.2 Å². The number of hydrogen-bond donors (Lipinski definition) is 1. The van der Waals surface area contributed by atoms with Gasteiger partial charge in [-0.3, -0.25) is 4.79 Å². The summed E-state index contributed by atoms with van der Waals surface area (Å²) in [7, 11) is 4.73. The molecule has 0 unspecified atom stereocenters. The summed E-state index contributed by atoms with van der Waals surface area (Å²) in [5.74, 6) is 1.15. The van der Waals surface area contributed by atoms with Gasteiger partial charge in [-0.15, -0.1) is 0 Å². The van der Waals surface area contributed by atoms with Crippen molar-refractivity contribution < 1.29 is 23.4 Å². The lowest BCUT2D eigenvalue weighted by Crippen LogP contribution is -1.96. The molecule has 0 saturated carbocycles. The van der Waals surface area contributed by atoms with Gasteiger partial charge in [0.05, 0.1) is 21.3 Å². The molecular weight excluding hydrogens is 409 g/mol. The zero-order valence-corrected chi connectivity index (χ0v) is 18.1. The maximum atomic E-state index is 12.9. The second kappa shape index (κ2) is 10.8. The minimum atomic E-state index is -0.372. The number of carbonyl (C=O) groups is 1. The van der Waals surface area contributed by atoms with Crippen molar-refractivity contribution in [1.29, 1.82) is 0 Å². The lowest BCUT2D eigenvalue weighted by Gasteiger charge is -2.12. The van der Waals surface area contributed by atoms with Crippen LogP contribution in [0.5, 0.6) is 17.2 Å². The molecule has 0 aliphatic carbocycles. The molecule has 0 amide bonds. The number of ether oxygens (including phenoxy) is 3. The van der Waals surface area contributed by atoms with Crippen LogP contribution in [0.25, 0.3) is 12.2 Å². The number of rotatable bonds is 9. The summed E-state index contributed by atoms with van der Waals surface area (Å²) >= 11 is 0. The number of nitrogens with one attached hydrogen (secondary N) is 1. The summed E-state index contributed by atoms with van der Waals surface area (Å²) in [6.45, 7) is 0. The molecule has 32 heavy (non-hydrogen) atoms. The number of anilines is 1. The predicted octanol–water partition coefficient (Wildman–Crippen LogP) is 5.83. The molecule has 0 saturated heterocycles. The van der Waals surface area contributed by atoms with E-state index >= 15 is 0 Å². The van der Waals surface area contributed by atoms with Crippen molar-refractivity contribution in [2.45, 2.75) is 0 Å². The van der Waals surface area contributed by atoms with Crippen LogP contribution >= 0.6 is 0 Å². The quantitative estimate of drug-likeness (QED) is 0.261. The first-order valence-corrected chi connectivity index (χ1v) is 9.85. The highest BCUT2D eigenvalue weighted by Crippen LogP contribution is 2.38. The van der Waals surface area contributed by atoms with Gasteiger partial charge < -0.3 is 19.5 Å². The molecule has 6 heteroatoms. The lowest BCUT2D eigenvalue weighted by molar-refractivity contribution is 0.104. The average Bonchev–Trinajstić information content (AvgIpc) is 2.83. The maximum Gasteiger partial charge on any atom is 0.203 e. The molecule has 0 bridgehead atoms. The average molecular weight is 433 g/mol. The van der Waals surface area contributed by atoms with Crippen LogP contribution in [0.15, 0.2) is 72.9 Å². The number of methoxy groups -OCH3 is 3. The molecule has 3 aromatic rings. The zero-order valence-electron chi connectivity index (χ0n) is 18.1. The first-order valence-electron chi connectivity index (χ1n) is 9.85. The number of allylic oxidation sites excluding steroid dienone is 1. The number of hydrogen-bond acceptors (Lipinski definition) is 5. The third kappa shape index (κ3) is 5.76. The monoisotopic (exact) mass is 433 g/mol. The summed E-state index contributed by atoms with van der Waals surface area (Å²) < 4.78 is 29.0. The minimum Gasteiger partial charge on any atom is -0.493 e. The van der Waals surface area contributed by atoms with Gasteiger partial charge in [0, 0.05) is 23.5 Å². The molecule has 0 radical (unpaired) electrons. The molecular formula is C26H24FNO4. The van der Waals surface area contributed by atoms with Gasteiger partial charge in [-0.2, -0.15) is 0 Å². The normalized spacial score (nSPS) is 11.0. The van der Waals surface area contributed by atoms with E-state index in [-0.39, 0.29) is 11.6 Å². The highest BCUT2D eigenvalue weighted by Gasteiger charge is 2.11. The Labute approximate surface area is 186 Å². The Morgan fingerprint density at radius 2 is 1.41 bits per heavy atom. The molecule has 0 spiro atoms. The summed E-state index contributed by atoms with van der Waals surface area (Å²) in [5.41, 5.74) is 3.16. The topological polar surface area (TPSA) is 56.8 Å². The summed E-state index contributed by atoms with van der Waals surface area (Å²) in [6.07, 6.45) is 6.89. The van der Waals surface area contributed by atoms with Crippen LogP contribution in [0.1, 0.15) is 21.5 Å². The van der Waals surface area contributed by atoms with Gasteiger partial charge in [0.25, 0.3) is 0 Å². The van der Waals surface area contributed by atoms with Gasteiger partial charge in [0.1, 0.15) is 5.82 Å². The van der Waals surface area contributed by atoms with Crippen LogP contribution < -0.4 is 19.5 Å². The summed E-state index contributed by atoms with van der Waals surface area (Å²) in [5, 5.41) is 3.05. The minimum absolute atomic E-state index is 0.206.